The first-order valence-corrected chi connectivity index (χ1v) is 32.4. The summed E-state index contributed by atoms with van der Waals surface area (Å²) in [6.07, 6.45) is 87.6. The lowest BCUT2D eigenvalue weighted by atomic mass is 10.0. The molecule has 0 radical (unpaired) electrons. The summed E-state index contributed by atoms with van der Waals surface area (Å²) in [5.74, 6) is -0.0721. The van der Waals surface area contributed by atoms with Crippen LogP contribution in [0.25, 0.3) is 0 Å². The van der Waals surface area contributed by atoms with Crippen molar-refractivity contribution in [3.8, 4) is 0 Å². The Labute approximate surface area is 445 Å². The maximum absolute atomic E-state index is 12.5. The Balaban J connectivity index is 3.40. The first-order chi connectivity index (χ1) is 35.2. The highest BCUT2D eigenvalue weighted by atomic mass is 16.3. The first kappa shape index (κ1) is 69.3. The average molecular weight is 995 g/mol. The highest BCUT2D eigenvalue weighted by molar-refractivity contribution is 5.76. The molecule has 0 aromatic rings. The van der Waals surface area contributed by atoms with Gasteiger partial charge in [0.25, 0.3) is 0 Å². The van der Waals surface area contributed by atoms with Gasteiger partial charge in [0, 0.05) is 6.42 Å². The lowest BCUT2D eigenvalue weighted by Crippen LogP contribution is -2.45. The standard InChI is InChI=1S/C67H127NO3/c1-3-5-7-9-11-13-15-17-19-21-23-24-25-26-27-28-29-30-31-32-33-34-35-36-37-38-39-40-41-42-43-44-45-47-49-51-53-55-57-59-61-63-67(71)68-65(64-69)66(70)62-60-58-56-54-52-50-48-46-22-20-18-16-14-12-10-8-6-4-2/h21-23,46,52,54,60,62,65-66,69-70H,3-20,24-45,47-51,53,55-59,61,63-64H2,1-2H3,(H,68,71)/b23-21-,46-22+,54-52+,62-60+. The summed E-state index contributed by atoms with van der Waals surface area (Å²) < 4.78 is 0. The summed E-state index contributed by atoms with van der Waals surface area (Å²) in [7, 11) is 0. The maximum atomic E-state index is 12.5. The van der Waals surface area contributed by atoms with Gasteiger partial charge in [0.05, 0.1) is 18.8 Å². The van der Waals surface area contributed by atoms with Gasteiger partial charge in [0.15, 0.2) is 0 Å². The molecule has 0 saturated heterocycles. The molecule has 0 aliphatic carbocycles. The summed E-state index contributed by atoms with van der Waals surface area (Å²) in [6, 6.07) is -0.645. The molecule has 0 aromatic carbocycles. The van der Waals surface area contributed by atoms with Crippen LogP contribution in [0.1, 0.15) is 354 Å². The number of rotatable bonds is 60. The van der Waals surface area contributed by atoms with E-state index in [1.54, 1.807) is 6.08 Å². The molecule has 2 unspecified atom stereocenters. The molecule has 2 atom stereocenters. The second-order valence-electron chi connectivity index (χ2n) is 22.2. The third-order valence-electron chi connectivity index (χ3n) is 15.0. The second kappa shape index (κ2) is 62.6. The third-order valence-corrected chi connectivity index (χ3v) is 15.0. The Morgan fingerprint density at radius 3 is 0.817 bits per heavy atom. The molecule has 0 rings (SSSR count). The van der Waals surface area contributed by atoms with Crippen molar-refractivity contribution in [1.82, 2.24) is 5.32 Å². The number of hydrogen-bond donors (Lipinski definition) is 3. The van der Waals surface area contributed by atoms with Gasteiger partial charge in [-0.3, -0.25) is 4.79 Å². The van der Waals surface area contributed by atoms with E-state index in [2.05, 4.69) is 55.6 Å². The van der Waals surface area contributed by atoms with Crippen molar-refractivity contribution in [3.63, 3.8) is 0 Å². The van der Waals surface area contributed by atoms with E-state index >= 15 is 0 Å². The van der Waals surface area contributed by atoms with E-state index in [-0.39, 0.29) is 12.5 Å². The van der Waals surface area contributed by atoms with Crippen LogP contribution in [0.5, 0.6) is 0 Å². The highest BCUT2D eigenvalue weighted by Gasteiger charge is 2.18. The third kappa shape index (κ3) is 59.1. The molecule has 0 aromatic heterocycles. The van der Waals surface area contributed by atoms with Crippen molar-refractivity contribution in [2.75, 3.05) is 6.61 Å². The molecular formula is C67H127NO3. The number of aliphatic hydroxyl groups excluding tert-OH is 2. The number of unbranched alkanes of at least 4 members (excludes halogenated alkanes) is 47. The van der Waals surface area contributed by atoms with Crippen molar-refractivity contribution in [2.45, 2.75) is 366 Å². The van der Waals surface area contributed by atoms with Crippen LogP contribution in [0.2, 0.25) is 0 Å². The minimum atomic E-state index is -0.870. The second-order valence-corrected chi connectivity index (χ2v) is 22.2. The zero-order valence-electron chi connectivity index (χ0n) is 48.3. The molecule has 418 valence electrons. The monoisotopic (exact) mass is 994 g/mol. The average Bonchev–Trinajstić information content (AvgIpc) is 3.37. The SMILES string of the molecule is CCCCCCCCCC/C=C\CCCCCCCCCCCCCCCCCCCCCCCCCCCCCCCC(=O)NC(CO)C(O)/C=C/CC/C=C/CC/C=C/CCCCCCCCCC. The van der Waals surface area contributed by atoms with Gasteiger partial charge in [-0.2, -0.15) is 0 Å². The molecule has 0 heterocycles. The number of aliphatic hydroxyl groups is 2. The Hall–Kier alpha value is -1.65. The molecule has 0 fully saturated rings. The zero-order valence-corrected chi connectivity index (χ0v) is 48.3. The largest absolute Gasteiger partial charge is 0.394 e. The highest BCUT2D eigenvalue weighted by Crippen LogP contribution is 2.18. The van der Waals surface area contributed by atoms with Crippen molar-refractivity contribution in [3.05, 3.63) is 48.6 Å². The van der Waals surface area contributed by atoms with Crippen molar-refractivity contribution in [1.29, 1.82) is 0 Å². The molecule has 4 nitrogen and oxygen atoms in total. The van der Waals surface area contributed by atoms with Crippen molar-refractivity contribution >= 4 is 5.91 Å². The number of nitrogens with one attached hydrogen (secondary N) is 1. The quantitative estimate of drug-likeness (QED) is 0.0420. The van der Waals surface area contributed by atoms with E-state index in [0.717, 1.165) is 38.5 Å². The topological polar surface area (TPSA) is 69.6 Å². The molecule has 0 spiro atoms. The lowest BCUT2D eigenvalue weighted by molar-refractivity contribution is -0.123. The summed E-state index contributed by atoms with van der Waals surface area (Å²) in [4.78, 5) is 12.5. The van der Waals surface area contributed by atoms with Gasteiger partial charge >= 0.3 is 0 Å². The summed E-state index contributed by atoms with van der Waals surface area (Å²) in [5.41, 5.74) is 0. The van der Waals surface area contributed by atoms with Gasteiger partial charge in [-0.1, -0.05) is 326 Å². The van der Waals surface area contributed by atoms with Gasteiger partial charge in [-0.05, 0) is 70.6 Å². The van der Waals surface area contributed by atoms with E-state index in [4.69, 9.17) is 0 Å². The molecule has 0 aliphatic heterocycles. The molecule has 0 bridgehead atoms. The Morgan fingerprint density at radius 1 is 0.324 bits per heavy atom. The fourth-order valence-corrected chi connectivity index (χ4v) is 10.1. The smallest absolute Gasteiger partial charge is 0.220 e. The first-order valence-electron chi connectivity index (χ1n) is 32.4. The minimum absolute atomic E-state index is 0.0721. The fourth-order valence-electron chi connectivity index (χ4n) is 10.1. The lowest BCUT2D eigenvalue weighted by Gasteiger charge is -2.19. The van der Waals surface area contributed by atoms with Gasteiger partial charge in [-0.15, -0.1) is 0 Å². The number of carbonyl (C=O) groups is 1. The van der Waals surface area contributed by atoms with Crippen LogP contribution >= 0.6 is 0 Å². The predicted octanol–water partition coefficient (Wildman–Crippen LogP) is 21.8. The van der Waals surface area contributed by atoms with E-state index in [1.807, 2.05) is 6.08 Å². The Bertz CT molecular complexity index is 1130. The summed E-state index contributed by atoms with van der Waals surface area (Å²) >= 11 is 0. The van der Waals surface area contributed by atoms with Crippen molar-refractivity contribution in [2.24, 2.45) is 0 Å². The van der Waals surface area contributed by atoms with E-state index in [1.165, 1.54) is 295 Å². The molecular weight excluding hydrogens is 867 g/mol. The molecule has 71 heavy (non-hydrogen) atoms. The number of carbonyl (C=O) groups excluding carboxylic acids is 1. The van der Waals surface area contributed by atoms with Gasteiger partial charge in [-0.25, -0.2) is 0 Å². The van der Waals surface area contributed by atoms with E-state index in [0.29, 0.717) is 6.42 Å². The molecule has 1 amide bonds. The van der Waals surface area contributed by atoms with Crippen LogP contribution in [0.3, 0.4) is 0 Å². The molecule has 4 heteroatoms. The molecule has 0 aliphatic rings. The van der Waals surface area contributed by atoms with Gasteiger partial charge in [0.1, 0.15) is 0 Å². The Morgan fingerprint density at radius 2 is 0.549 bits per heavy atom. The summed E-state index contributed by atoms with van der Waals surface area (Å²) in [6.45, 7) is 4.32. The fraction of sp³-hybridized carbons (Fsp3) is 0.866. The normalized spacial score (nSPS) is 13.0. The van der Waals surface area contributed by atoms with Crippen LogP contribution < -0.4 is 5.32 Å². The summed E-state index contributed by atoms with van der Waals surface area (Å²) in [5, 5.41) is 23.1. The van der Waals surface area contributed by atoms with Crippen LogP contribution in [-0.4, -0.2) is 34.9 Å². The molecule has 3 N–H and O–H groups in total. The maximum Gasteiger partial charge on any atom is 0.220 e. The van der Waals surface area contributed by atoms with Crippen LogP contribution in [0.15, 0.2) is 48.6 Å². The van der Waals surface area contributed by atoms with Crippen LogP contribution in [0, 0.1) is 0 Å². The predicted molar refractivity (Wildman–Crippen MR) is 318 cm³/mol. The zero-order chi connectivity index (χ0) is 51.3. The van der Waals surface area contributed by atoms with Gasteiger partial charge < -0.3 is 15.5 Å². The van der Waals surface area contributed by atoms with Crippen LogP contribution in [0.4, 0.5) is 0 Å². The van der Waals surface area contributed by atoms with E-state index < -0.39 is 12.1 Å². The number of hydrogen-bond acceptors (Lipinski definition) is 3. The molecule has 0 saturated carbocycles. The number of amides is 1. The van der Waals surface area contributed by atoms with Crippen molar-refractivity contribution < 1.29 is 15.0 Å². The minimum Gasteiger partial charge on any atom is -0.394 e. The number of allylic oxidation sites excluding steroid dienone is 7. The van der Waals surface area contributed by atoms with Crippen LogP contribution in [-0.2, 0) is 4.79 Å². The van der Waals surface area contributed by atoms with Gasteiger partial charge in [0.2, 0.25) is 5.91 Å². The van der Waals surface area contributed by atoms with E-state index in [9.17, 15) is 15.0 Å². The Kier molecular flexibility index (Phi) is 61.2.